The number of carbonyl (C=O) groups excluding carboxylic acids is 1. The Kier molecular flexibility index (Phi) is 7.74. The van der Waals surface area contributed by atoms with E-state index in [1.807, 2.05) is 29.5 Å². The van der Waals surface area contributed by atoms with Gasteiger partial charge >= 0.3 is 0 Å². The van der Waals surface area contributed by atoms with Crippen LogP contribution >= 0.6 is 11.3 Å². The van der Waals surface area contributed by atoms with E-state index in [-0.39, 0.29) is 6.04 Å². The van der Waals surface area contributed by atoms with Crippen molar-refractivity contribution in [2.45, 2.75) is 64.0 Å². The summed E-state index contributed by atoms with van der Waals surface area (Å²) < 4.78 is 5.40. The predicted molar refractivity (Wildman–Crippen MR) is 123 cm³/mol. The lowest BCUT2D eigenvalue weighted by Gasteiger charge is -2.40. The van der Waals surface area contributed by atoms with Gasteiger partial charge in [0.25, 0.3) is 0 Å². The standard InChI is InChI=1S/C23H35N5O2S/c1-18(23(29)26(2)19-8-4-3-5-9-19)28-15-13-27(14-16-28)12-6-11-21-24-22(25-30-21)20-10-7-17-31-20/h7,10,17-19H,3-6,8-9,11-16H2,1-2H3. The van der Waals surface area contributed by atoms with Gasteiger partial charge in [-0.05, 0) is 44.2 Å². The van der Waals surface area contributed by atoms with Crippen LogP contribution in [0.1, 0.15) is 51.3 Å². The van der Waals surface area contributed by atoms with Crippen LogP contribution in [0.5, 0.6) is 0 Å². The summed E-state index contributed by atoms with van der Waals surface area (Å²) in [6.45, 7) is 7.03. The van der Waals surface area contributed by atoms with E-state index in [9.17, 15) is 4.79 Å². The molecule has 170 valence electrons. The van der Waals surface area contributed by atoms with Crippen LogP contribution in [0.3, 0.4) is 0 Å². The molecule has 1 amide bonds. The van der Waals surface area contributed by atoms with Gasteiger partial charge in [0.1, 0.15) is 0 Å². The average Bonchev–Trinajstić information content (AvgIpc) is 3.51. The molecule has 1 saturated carbocycles. The van der Waals surface area contributed by atoms with Gasteiger partial charge < -0.3 is 14.3 Å². The van der Waals surface area contributed by atoms with Crippen molar-refractivity contribution in [3.05, 3.63) is 23.4 Å². The molecular weight excluding hydrogens is 410 g/mol. The largest absolute Gasteiger partial charge is 0.341 e. The molecule has 2 fully saturated rings. The van der Waals surface area contributed by atoms with Gasteiger partial charge in [0.05, 0.1) is 10.9 Å². The molecule has 4 rings (SSSR count). The number of aromatic nitrogens is 2. The first kappa shape index (κ1) is 22.4. The number of nitrogens with zero attached hydrogens (tertiary/aromatic N) is 5. The summed E-state index contributed by atoms with van der Waals surface area (Å²) >= 11 is 1.63. The van der Waals surface area contributed by atoms with Crippen molar-refractivity contribution >= 4 is 17.2 Å². The van der Waals surface area contributed by atoms with Gasteiger partial charge in [-0.25, -0.2) is 0 Å². The van der Waals surface area contributed by atoms with E-state index in [1.165, 1.54) is 19.3 Å². The Morgan fingerprint density at radius 1 is 1.26 bits per heavy atom. The molecule has 1 unspecified atom stereocenters. The van der Waals surface area contributed by atoms with Gasteiger partial charge in [0.15, 0.2) is 0 Å². The Morgan fingerprint density at radius 2 is 2.03 bits per heavy atom. The Balaban J connectivity index is 1.17. The molecule has 1 aliphatic heterocycles. The maximum absolute atomic E-state index is 13.0. The molecule has 0 radical (unpaired) electrons. The second-order valence-corrected chi connectivity index (χ2v) is 9.83. The van der Waals surface area contributed by atoms with E-state index in [0.717, 1.165) is 63.3 Å². The minimum Gasteiger partial charge on any atom is -0.341 e. The van der Waals surface area contributed by atoms with Crippen molar-refractivity contribution in [1.29, 1.82) is 0 Å². The van der Waals surface area contributed by atoms with Crippen LogP contribution in [0.4, 0.5) is 0 Å². The molecule has 1 saturated heterocycles. The quantitative estimate of drug-likeness (QED) is 0.619. The molecule has 0 N–H and O–H groups in total. The van der Waals surface area contributed by atoms with E-state index in [0.29, 0.717) is 23.7 Å². The number of piperazine rings is 1. The number of hydrogen-bond donors (Lipinski definition) is 0. The summed E-state index contributed by atoms with van der Waals surface area (Å²) in [6.07, 6.45) is 7.97. The molecule has 3 heterocycles. The third kappa shape index (κ3) is 5.73. The summed E-state index contributed by atoms with van der Waals surface area (Å²) in [4.78, 5) is 25.4. The van der Waals surface area contributed by atoms with Crippen LogP contribution < -0.4 is 0 Å². The zero-order valence-electron chi connectivity index (χ0n) is 18.8. The Labute approximate surface area is 189 Å². The van der Waals surface area contributed by atoms with Gasteiger partial charge in [0, 0.05) is 45.7 Å². The van der Waals surface area contributed by atoms with E-state index >= 15 is 0 Å². The summed E-state index contributed by atoms with van der Waals surface area (Å²) in [6, 6.07) is 4.42. The molecule has 2 aliphatic rings. The highest BCUT2D eigenvalue weighted by Crippen LogP contribution is 2.23. The Morgan fingerprint density at radius 3 is 2.74 bits per heavy atom. The highest BCUT2D eigenvalue weighted by atomic mass is 32.1. The summed E-state index contributed by atoms with van der Waals surface area (Å²) in [5.41, 5.74) is 0. The van der Waals surface area contributed by atoms with Crippen LogP contribution in [0.25, 0.3) is 10.7 Å². The van der Waals surface area contributed by atoms with Crippen molar-refractivity contribution in [1.82, 2.24) is 24.8 Å². The minimum absolute atomic E-state index is 0.0249. The Hall–Kier alpha value is -1.77. The smallest absolute Gasteiger partial charge is 0.239 e. The van der Waals surface area contributed by atoms with Crippen molar-refractivity contribution in [3.63, 3.8) is 0 Å². The van der Waals surface area contributed by atoms with Gasteiger partial charge in [-0.3, -0.25) is 9.69 Å². The number of hydrogen-bond acceptors (Lipinski definition) is 7. The van der Waals surface area contributed by atoms with Crippen LogP contribution in [-0.2, 0) is 11.2 Å². The zero-order chi connectivity index (χ0) is 21.6. The van der Waals surface area contributed by atoms with Crippen molar-refractivity contribution in [3.8, 4) is 10.7 Å². The number of aryl methyl sites for hydroxylation is 1. The molecular formula is C23H35N5O2S. The van der Waals surface area contributed by atoms with Crippen LogP contribution in [0, 0.1) is 0 Å². The van der Waals surface area contributed by atoms with E-state index in [1.54, 1.807) is 11.3 Å². The first-order valence-electron chi connectivity index (χ1n) is 11.7. The van der Waals surface area contributed by atoms with Gasteiger partial charge in [-0.15, -0.1) is 11.3 Å². The third-order valence-electron chi connectivity index (χ3n) is 6.86. The number of amides is 1. The lowest BCUT2D eigenvalue weighted by molar-refractivity contribution is -0.138. The molecule has 2 aromatic heterocycles. The topological polar surface area (TPSA) is 65.7 Å². The summed E-state index contributed by atoms with van der Waals surface area (Å²) in [5.74, 6) is 1.70. The molecule has 2 aromatic rings. The average molecular weight is 446 g/mol. The second kappa shape index (κ2) is 10.7. The molecule has 0 spiro atoms. The first-order chi connectivity index (χ1) is 15.1. The fourth-order valence-corrected chi connectivity index (χ4v) is 5.44. The molecule has 0 bridgehead atoms. The zero-order valence-corrected chi connectivity index (χ0v) is 19.6. The normalized spacial score (nSPS) is 20.1. The number of rotatable bonds is 8. The molecule has 1 atom stereocenters. The second-order valence-electron chi connectivity index (χ2n) is 8.89. The lowest BCUT2D eigenvalue weighted by atomic mass is 9.94. The van der Waals surface area contributed by atoms with E-state index < -0.39 is 0 Å². The molecule has 8 heteroatoms. The fourth-order valence-electron chi connectivity index (χ4n) is 4.79. The van der Waals surface area contributed by atoms with Crippen molar-refractivity contribution in [2.24, 2.45) is 0 Å². The van der Waals surface area contributed by atoms with Crippen LogP contribution in [0.15, 0.2) is 22.0 Å². The molecule has 7 nitrogen and oxygen atoms in total. The highest BCUT2D eigenvalue weighted by Gasteiger charge is 2.30. The number of carbonyl (C=O) groups is 1. The summed E-state index contributed by atoms with van der Waals surface area (Å²) in [5, 5.41) is 6.11. The van der Waals surface area contributed by atoms with Crippen molar-refractivity contribution in [2.75, 3.05) is 39.8 Å². The third-order valence-corrected chi connectivity index (χ3v) is 7.72. The highest BCUT2D eigenvalue weighted by molar-refractivity contribution is 7.13. The van der Waals surface area contributed by atoms with E-state index in [2.05, 4.69) is 26.9 Å². The van der Waals surface area contributed by atoms with Crippen LogP contribution in [0.2, 0.25) is 0 Å². The number of thiophene rings is 1. The summed E-state index contributed by atoms with van der Waals surface area (Å²) in [7, 11) is 2.01. The molecule has 31 heavy (non-hydrogen) atoms. The lowest BCUT2D eigenvalue weighted by Crippen LogP contribution is -2.55. The maximum atomic E-state index is 13.0. The van der Waals surface area contributed by atoms with Gasteiger partial charge in [0.2, 0.25) is 17.6 Å². The molecule has 1 aliphatic carbocycles. The van der Waals surface area contributed by atoms with Gasteiger partial charge in [-0.2, -0.15) is 4.98 Å². The minimum atomic E-state index is -0.0249. The SMILES string of the molecule is CC(C(=O)N(C)C1CCCCC1)N1CCN(CCCc2nc(-c3cccs3)no2)CC1. The Bertz CT molecular complexity index is 810. The fraction of sp³-hybridized carbons (Fsp3) is 0.696. The molecule has 0 aromatic carbocycles. The van der Waals surface area contributed by atoms with Crippen molar-refractivity contribution < 1.29 is 9.32 Å². The maximum Gasteiger partial charge on any atom is 0.239 e. The first-order valence-corrected chi connectivity index (χ1v) is 12.6. The monoisotopic (exact) mass is 445 g/mol. The van der Waals surface area contributed by atoms with Crippen LogP contribution in [-0.4, -0.2) is 82.6 Å². The predicted octanol–water partition coefficient (Wildman–Crippen LogP) is 3.53. The van der Waals surface area contributed by atoms with Gasteiger partial charge in [-0.1, -0.05) is 30.5 Å². The van der Waals surface area contributed by atoms with E-state index in [4.69, 9.17) is 4.52 Å². The number of likely N-dealkylation sites (N-methyl/N-ethyl adjacent to an activating group) is 1.